The van der Waals surface area contributed by atoms with E-state index in [1.165, 1.54) is 0 Å². The summed E-state index contributed by atoms with van der Waals surface area (Å²) in [5.41, 5.74) is -0.240. The highest BCUT2D eigenvalue weighted by molar-refractivity contribution is 6.36. The zero-order valence-corrected chi connectivity index (χ0v) is 12.0. The third kappa shape index (κ3) is 3.43. The fourth-order valence-corrected chi connectivity index (χ4v) is 2.26. The Bertz CT molecular complexity index is 687. The summed E-state index contributed by atoms with van der Waals surface area (Å²) in [6.07, 6.45) is 0. The molecular formula is C14H9Cl2F2NO2. The van der Waals surface area contributed by atoms with Crippen molar-refractivity contribution in [3.8, 4) is 0 Å². The summed E-state index contributed by atoms with van der Waals surface area (Å²) < 4.78 is 26.9. The summed E-state index contributed by atoms with van der Waals surface area (Å²) >= 11 is 11.9. The molecule has 0 heterocycles. The molecule has 0 saturated heterocycles. The van der Waals surface area contributed by atoms with E-state index in [0.717, 1.165) is 6.07 Å². The molecule has 0 aromatic heterocycles. The number of halogens is 4. The Labute approximate surface area is 129 Å². The van der Waals surface area contributed by atoms with Gasteiger partial charge in [-0.25, -0.2) is 13.6 Å². The molecule has 110 valence electrons. The minimum absolute atomic E-state index is 0.0696. The standard InChI is InChI=1S/C14H9Cl2F2NO2/c15-9-2-1-3-10(16)8(9)6-19-13-4-7(14(20)21)11(17)5-12(13)18/h1-5,19H,6H2,(H,20,21). The van der Waals surface area contributed by atoms with Crippen LogP contribution in [0.2, 0.25) is 10.0 Å². The summed E-state index contributed by atoms with van der Waals surface area (Å²) in [5, 5.41) is 12.3. The Kier molecular flexibility index (Phi) is 4.65. The predicted molar refractivity (Wildman–Crippen MR) is 77.1 cm³/mol. The summed E-state index contributed by atoms with van der Waals surface area (Å²) in [5.74, 6) is -3.52. The molecular weight excluding hydrogens is 323 g/mol. The van der Waals surface area contributed by atoms with E-state index in [-0.39, 0.29) is 12.2 Å². The first-order valence-electron chi connectivity index (χ1n) is 5.79. The van der Waals surface area contributed by atoms with Gasteiger partial charge in [0, 0.05) is 28.2 Å². The topological polar surface area (TPSA) is 49.3 Å². The monoisotopic (exact) mass is 331 g/mol. The van der Waals surface area contributed by atoms with Crippen molar-refractivity contribution in [1.82, 2.24) is 0 Å². The molecule has 2 aromatic rings. The lowest BCUT2D eigenvalue weighted by molar-refractivity contribution is 0.0692. The number of nitrogens with one attached hydrogen (secondary N) is 1. The van der Waals surface area contributed by atoms with Gasteiger partial charge in [0.15, 0.2) is 0 Å². The maximum atomic E-state index is 13.6. The SMILES string of the molecule is O=C(O)c1cc(NCc2c(Cl)cccc2Cl)c(F)cc1F. The zero-order chi connectivity index (χ0) is 15.6. The molecule has 0 fully saturated rings. The molecule has 21 heavy (non-hydrogen) atoms. The number of aromatic carboxylic acids is 1. The Morgan fingerprint density at radius 3 is 2.33 bits per heavy atom. The lowest BCUT2D eigenvalue weighted by Crippen LogP contribution is -2.07. The summed E-state index contributed by atoms with van der Waals surface area (Å²) in [4.78, 5) is 10.8. The molecule has 0 bridgehead atoms. The molecule has 2 N–H and O–H groups in total. The summed E-state index contributed by atoms with van der Waals surface area (Å²) in [6, 6.07) is 6.30. The van der Waals surface area contributed by atoms with E-state index >= 15 is 0 Å². The van der Waals surface area contributed by atoms with Gasteiger partial charge in [-0.05, 0) is 18.2 Å². The zero-order valence-electron chi connectivity index (χ0n) is 10.5. The van der Waals surface area contributed by atoms with Crippen molar-refractivity contribution >= 4 is 34.9 Å². The largest absolute Gasteiger partial charge is 0.478 e. The first-order valence-corrected chi connectivity index (χ1v) is 6.55. The summed E-state index contributed by atoms with van der Waals surface area (Å²) in [7, 11) is 0. The average molecular weight is 332 g/mol. The molecule has 0 amide bonds. The van der Waals surface area contributed by atoms with Gasteiger partial charge in [0.25, 0.3) is 0 Å². The van der Waals surface area contributed by atoms with Crippen LogP contribution in [0, 0.1) is 11.6 Å². The van der Waals surface area contributed by atoms with Crippen LogP contribution in [0.3, 0.4) is 0 Å². The number of rotatable bonds is 4. The number of anilines is 1. The van der Waals surface area contributed by atoms with E-state index in [4.69, 9.17) is 28.3 Å². The van der Waals surface area contributed by atoms with Gasteiger partial charge >= 0.3 is 5.97 Å². The minimum atomic E-state index is -1.48. The number of hydrogen-bond acceptors (Lipinski definition) is 2. The molecule has 0 spiro atoms. The lowest BCUT2D eigenvalue weighted by atomic mass is 10.1. The Balaban J connectivity index is 2.28. The highest BCUT2D eigenvalue weighted by atomic mass is 35.5. The molecule has 7 heteroatoms. The third-order valence-electron chi connectivity index (χ3n) is 2.80. The van der Waals surface area contributed by atoms with Crippen LogP contribution in [0.5, 0.6) is 0 Å². The fraction of sp³-hybridized carbons (Fsp3) is 0.0714. The Morgan fingerprint density at radius 2 is 1.76 bits per heavy atom. The molecule has 3 nitrogen and oxygen atoms in total. The van der Waals surface area contributed by atoms with E-state index in [9.17, 15) is 13.6 Å². The van der Waals surface area contributed by atoms with Gasteiger partial charge in [-0.3, -0.25) is 0 Å². The van der Waals surface area contributed by atoms with Crippen LogP contribution in [0.1, 0.15) is 15.9 Å². The second-order valence-electron chi connectivity index (χ2n) is 4.17. The second kappa shape index (κ2) is 6.28. The number of hydrogen-bond donors (Lipinski definition) is 2. The van der Waals surface area contributed by atoms with Crippen molar-refractivity contribution in [3.63, 3.8) is 0 Å². The quantitative estimate of drug-likeness (QED) is 0.861. The van der Waals surface area contributed by atoms with Crippen LogP contribution in [0.4, 0.5) is 14.5 Å². The molecule has 2 rings (SSSR count). The van der Waals surface area contributed by atoms with Crippen LogP contribution in [0.25, 0.3) is 0 Å². The van der Waals surface area contributed by atoms with E-state index in [2.05, 4.69) is 5.32 Å². The van der Waals surface area contributed by atoms with Crippen LogP contribution < -0.4 is 5.32 Å². The smallest absolute Gasteiger partial charge is 0.338 e. The lowest BCUT2D eigenvalue weighted by Gasteiger charge is -2.11. The maximum absolute atomic E-state index is 13.6. The van der Waals surface area contributed by atoms with Gasteiger partial charge in [-0.1, -0.05) is 29.3 Å². The van der Waals surface area contributed by atoms with E-state index in [0.29, 0.717) is 21.7 Å². The second-order valence-corrected chi connectivity index (χ2v) is 4.99. The number of benzene rings is 2. The number of carbonyl (C=O) groups is 1. The van der Waals surface area contributed by atoms with Gasteiger partial charge in [-0.2, -0.15) is 0 Å². The van der Waals surface area contributed by atoms with Crippen LogP contribution in [-0.4, -0.2) is 11.1 Å². The highest BCUT2D eigenvalue weighted by Gasteiger charge is 2.15. The van der Waals surface area contributed by atoms with Crippen molar-refractivity contribution in [2.45, 2.75) is 6.54 Å². The van der Waals surface area contributed by atoms with Gasteiger partial charge in [0.05, 0.1) is 11.3 Å². The molecule has 0 saturated carbocycles. The summed E-state index contributed by atoms with van der Waals surface area (Å²) in [6.45, 7) is 0.0696. The van der Waals surface area contributed by atoms with Gasteiger partial charge in [-0.15, -0.1) is 0 Å². The van der Waals surface area contributed by atoms with Crippen molar-refractivity contribution in [2.24, 2.45) is 0 Å². The van der Waals surface area contributed by atoms with Crippen LogP contribution >= 0.6 is 23.2 Å². The van der Waals surface area contributed by atoms with Crippen molar-refractivity contribution < 1.29 is 18.7 Å². The molecule has 0 aliphatic carbocycles. The molecule has 0 aliphatic heterocycles. The van der Waals surface area contributed by atoms with Gasteiger partial charge in [0.1, 0.15) is 11.6 Å². The average Bonchev–Trinajstić information content (AvgIpc) is 2.39. The predicted octanol–water partition coefficient (Wildman–Crippen LogP) is 4.58. The van der Waals surface area contributed by atoms with Crippen LogP contribution in [0.15, 0.2) is 30.3 Å². The molecule has 0 aliphatic rings. The van der Waals surface area contributed by atoms with Gasteiger partial charge in [0.2, 0.25) is 0 Å². The first-order chi connectivity index (χ1) is 9.90. The maximum Gasteiger partial charge on any atom is 0.338 e. The van der Waals surface area contributed by atoms with Gasteiger partial charge < -0.3 is 10.4 Å². The molecule has 0 unspecified atom stereocenters. The first kappa shape index (κ1) is 15.5. The van der Waals surface area contributed by atoms with Crippen molar-refractivity contribution in [1.29, 1.82) is 0 Å². The third-order valence-corrected chi connectivity index (χ3v) is 3.51. The fourth-order valence-electron chi connectivity index (χ4n) is 1.73. The Hall–Kier alpha value is -1.85. The number of carboxylic acid groups (broad SMARTS) is 1. The van der Waals surface area contributed by atoms with Crippen LogP contribution in [-0.2, 0) is 6.54 Å². The molecule has 2 aromatic carbocycles. The van der Waals surface area contributed by atoms with E-state index in [1.54, 1.807) is 18.2 Å². The molecule has 0 atom stereocenters. The Morgan fingerprint density at radius 1 is 1.14 bits per heavy atom. The van der Waals surface area contributed by atoms with Crippen molar-refractivity contribution in [2.75, 3.05) is 5.32 Å². The van der Waals surface area contributed by atoms with Crippen molar-refractivity contribution in [3.05, 3.63) is 63.1 Å². The number of carboxylic acids is 1. The van der Waals surface area contributed by atoms with E-state index in [1.807, 2.05) is 0 Å². The highest BCUT2D eigenvalue weighted by Crippen LogP contribution is 2.26. The minimum Gasteiger partial charge on any atom is -0.478 e. The van der Waals surface area contributed by atoms with E-state index < -0.39 is 23.2 Å². The normalized spacial score (nSPS) is 10.5. The molecule has 0 radical (unpaired) electrons.